The Morgan fingerprint density at radius 1 is 0.920 bits per heavy atom. The molecule has 0 atom stereocenters. The van der Waals surface area contributed by atoms with Crippen LogP contribution in [0.4, 0.5) is 5.69 Å². The number of ether oxygens (including phenoxy) is 2. The van der Waals surface area contributed by atoms with E-state index >= 15 is 0 Å². The fraction of sp³-hybridized carbons (Fsp3) is 0.100. The molecule has 0 saturated carbocycles. The lowest BCUT2D eigenvalue weighted by Gasteiger charge is -2.09. The van der Waals surface area contributed by atoms with E-state index in [4.69, 9.17) is 9.47 Å². The zero-order chi connectivity index (χ0) is 17.6. The van der Waals surface area contributed by atoms with Crippen molar-refractivity contribution in [1.82, 2.24) is 4.98 Å². The Morgan fingerprint density at radius 3 is 2.16 bits per heavy atom. The fourth-order valence-corrected chi connectivity index (χ4v) is 2.39. The molecule has 5 heteroatoms. The van der Waals surface area contributed by atoms with E-state index in [2.05, 4.69) is 10.3 Å². The number of amides is 1. The van der Waals surface area contributed by atoms with Gasteiger partial charge < -0.3 is 14.8 Å². The molecule has 0 saturated heterocycles. The van der Waals surface area contributed by atoms with E-state index in [0.717, 1.165) is 11.3 Å². The average Bonchev–Trinajstić information content (AvgIpc) is 2.68. The molecule has 5 nitrogen and oxygen atoms in total. The normalized spacial score (nSPS) is 10.2. The molecule has 1 aromatic heterocycles. The van der Waals surface area contributed by atoms with Gasteiger partial charge in [-0.3, -0.25) is 9.78 Å². The molecule has 3 aromatic rings. The van der Waals surface area contributed by atoms with Gasteiger partial charge in [0, 0.05) is 17.2 Å². The minimum atomic E-state index is -0.258. The topological polar surface area (TPSA) is 60.5 Å². The molecule has 0 fully saturated rings. The van der Waals surface area contributed by atoms with Crippen LogP contribution in [-0.4, -0.2) is 25.1 Å². The van der Waals surface area contributed by atoms with Crippen LogP contribution in [-0.2, 0) is 0 Å². The second-order valence-electron chi connectivity index (χ2n) is 5.35. The van der Waals surface area contributed by atoms with Crippen molar-refractivity contribution in [2.45, 2.75) is 0 Å². The number of hydrogen-bond donors (Lipinski definition) is 1. The van der Waals surface area contributed by atoms with Crippen LogP contribution >= 0.6 is 0 Å². The molecule has 25 heavy (non-hydrogen) atoms. The van der Waals surface area contributed by atoms with Gasteiger partial charge in [0.25, 0.3) is 5.91 Å². The Balaban J connectivity index is 1.77. The summed E-state index contributed by atoms with van der Waals surface area (Å²) in [4.78, 5) is 16.9. The second kappa shape index (κ2) is 7.49. The van der Waals surface area contributed by atoms with Gasteiger partial charge in [0.05, 0.1) is 31.8 Å². The van der Waals surface area contributed by atoms with E-state index in [1.54, 1.807) is 38.6 Å². The van der Waals surface area contributed by atoms with Crippen molar-refractivity contribution in [2.24, 2.45) is 0 Å². The van der Waals surface area contributed by atoms with Gasteiger partial charge in [0.15, 0.2) is 0 Å². The van der Waals surface area contributed by atoms with Gasteiger partial charge in [-0.1, -0.05) is 30.3 Å². The Kier molecular flexibility index (Phi) is 4.95. The monoisotopic (exact) mass is 334 g/mol. The number of aromatic nitrogens is 1. The van der Waals surface area contributed by atoms with E-state index in [9.17, 15) is 4.79 Å². The number of nitrogens with one attached hydrogen (secondary N) is 1. The number of nitrogens with zero attached hydrogens (tertiary/aromatic N) is 1. The van der Waals surface area contributed by atoms with Crippen LogP contribution in [0.5, 0.6) is 11.5 Å². The van der Waals surface area contributed by atoms with Crippen LogP contribution < -0.4 is 14.8 Å². The number of hydrogen-bond acceptors (Lipinski definition) is 4. The minimum Gasteiger partial charge on any atom is -0.497 e. The smallest absolute Gasteiger partial charge is 0.255 e. The van der Waals surface area contributed by atoms with Gasteiger partial charge in [0.2, 0.25) is 0 Å². The van der Waals surface area contributed by atoms with Gasteiger partial charge >= 0.3 is 0 Å². The van der Waals surface area contributed by atoms with E-state index in [1.165, 1.54) is 0 Å². The average molecular weight is 334 g/mol. The summed E-state index contributed by atoms with van der Waals surface area (Å²) in [7, 11) is 3.09. The third-order valence-corrected chi connectivity index (χ3v) is 3.70. The maximum atomic E-state index is 12.5. The maximum Gasteiger partial charge on any atom is 0.255 e. The molecular weight excluding hydrogens is 316 g/mol. The molecule has 3 rings (SSSR count). The summed E-state index contributed by atoms with van der Waals surface area (Å²) in [5.74, 6) is 0.857. The Labute approximate surface area is 146 Å². The highest BCUT2D eigenvalue weighted by Gasteiger charge is 2.10. The van der Waals surface area contributed by atoms with Crippen molar-refractivity contribution in [3.05, 3.63) is 72.4 Å². The lowest BCUT2D eigenvalue weighted by molar-refractivity contribution is 0.102. The molecule has 0 aliphatic rings. The Hall–Kier alpha value is -3.34. The molecule has 126 valence electrons. The van der Waals surface area contributed by atoms with Crippen LogP contribution in [0.1, 0.15) is 10.4 Å². The molecule has 1 amide bonds. The van der Waals surface area contributed by atoms with Gasteiger partial charge in [-0.2, -0.15) is 0 Å². The summed E-state index contributed by atoms with van der Waals surface area (Å²) in [6.45, 7) is 0. The van der Waals surface area contributed by atoms with Crippen molar-refractivity contribution < 1.29 is 14.3 Å². The van der Waals surface area contributed by atoms with E-state index in [1.807, 2.05) is 42.5 Å². The first-order valence-electron chi connectivity index (χ1n) is 7.75. The van der Waals surface area contributed by atoms with Gasteiger partial charge in [-0.25, -0.2) is 0 Å². The summed E-state index contributed by atoms with van der Waals surface area (Å²) < 4.78 is 10.4. The third-order valence-electron chi connectivity index (χ3n) is 3.70. The SMILES string of the molecule is COc1cc(OC)cc(C(=O)Nc2ccc(-c3ccccc3)nc2)c1. The molecule has 0 aliphatic carbocycles. The molecule has 0 spiro atoms. The molecule has 0 aliphatic heterocycles. The molecule has 0 radical (unpaired) electrons. The van der Waals surface area contributed by atoms with Crippen molar-refractivity contribution in [3.63, 3.8) is 0 Å². The van der Waals surface area contributed by atoms with E-state index in [0.29, 0.717) is 22.7 Å². The maximum absolute atomic E-state index is 12.5. The van der Waals surface area contributed by atoms with Gasteiger partial charge in [-0.15, -0.1) is 0 Å². The van der Waals surface area contributed by atoms with Crippen molar-refractivity contribution >= 4 is 11.6 Å². The predicted octanol–water partition coefficient (Wildman–Crippen LogP) is 4.02. The Morgan fingerprint density at radius 2 is 1.60 bits per heavy atom. The molecule has 0 bridgehead atoms. The number of rotatable bonds is 5. The quantitative estimate of drug-likeness (QED) is 0.765. The number of methoxy groups -OCH3 is 2. The summed E-state index contributed by atoms with van der Waals surface area (Å²) >= 11 is 0. The molecule has 1 N–H and O–H groups in total. The van der Waals surface area contributed by atoms with Crippen molar-refractivity contribution in [3.8, 4) is 22.8 Å². The summed E-state index contributed by atoms with van der Waals surface area (Å²) in [5, 5.41) is 2.83. The van der Waals surface area contributed by atoms with Crippen LogP contribution in [0.25, 0.3) is 11.3 Å². The fourth-order valence-electron chi connectivity index (χ4n) is 2.39. The number of pyridine rings is 1. The first-order chi connectivity index (χ1) is 12.2. The highest BCUT2D eigenvalue weighted by molar-refractivity contribution is 6.04. The predicted molar refractivity (Wildman–Crippen MR) is 97.2 cm³/mol. The highest BCUT2D eigenvalue weighted by atomic mass is 16.5. The zero-order valence-electron chi connectivity index (χ0n) is 14.0. The van der Waals surface area contributed by atoms with E-state index in [-0.39, 0.29) is 5.91 Å². The van der Waals surface area contributed by atoms with Gasteiger partial charge in [-0.05, 0) is 24.3 Å². The Bertz CT molecular complexity index is 840. The van der Waals surface area contributed by atoms with Crippen molar-refractivity contribution in [2.75, 3.05) is 19.5 Å². The zero-order valence-corrected chi connectivity index (χ0v) is 14.0. The minimum absolute atomic E-state index is 0.258. The summed E-state index contributed by atoms with van der Waals surface area (Å²) in [6.07, 6.45) is 1.64. The number of benzene rings is 2. The van der Waals surface area contributed by atoms with E-state index < -0.39 is 0 Å². The first-order valence-corrected chi connectivity index (χ1v) is 7.75. The standard InChI is InChI=1S/C20H18N2O3/c1-24-17-10-15(11-18(12-17)25-2)20(23)22-16-8-9-19(21-13-16)14-6-4-3-5-7-14/h3-13H,1-2H3,(H,22,23). The summed E-state index contributed by atoms with van der Waals surface area (Å²) in [5.41, 5.74) is 2.94. The molecule has 0 unspecified atom stereocenters. The van der Waals surface area contributed by atoms with Crippen LogP contribution in [0.2, 0.25) is 0 Å². The highest BCUT2D eigenvalue weighted by Crippen LogP contribution is 2.23. The number of carbonyl (C=O) groups excluding carboxylic acids is 1. The van der Waals surface area contributed by atoms with Crippen LogP contribution in [0.3, 0.4) is 0 Å². The van der Waals surface area contributed by atoms with Crippen molar-refractivity contribution in [1.29, 1.82) is 0 Å². The first kappa shape index (κ1) is 16.5. The number of anilines is 1. The van der Waals surface area contributed by atoms with Crippen LogP contribution in [0.15, 0.2) is 66.9 Å². The molecule has 2 aromatic carbocycles. The number of carbonyl (C=O) groups is 1. The molecule has 1 heterocycles. The summed E-state index contributed by atoms with van der Waals surface area (Å²) in [6, 6.07) is 18.6. The third kappa shape index (κ3) is 3.95. The second-order valence-corrected chi connectivity index (χ2v) is 5.35. The largest absolute Gasteiger partial charge is 0.497 e. The lowest BCUT2D eigenvalue weighted by atomic mass is 10.1. The van der Waals surface area contributed by atoms with Crippen LogP contribution in [0, 0.1) is 0 Å². The lowest BCUT2D eigenvalue weighted by Crippen LogP contribution is -2.12. The molecular formula is C20H18N2O3. The van der Waals surface area contributed by atoms with Gasteiger partial charge in [0.1, 0.15) is 11.5 Å².